The third-order valence-electron chi connectivity index (χ3n) is 3.73. The van der Waals surface area contributed by atoms with Crippen LogP contribution in [-0.4, -0.2) is 13.1 Å². The Morgan fingerprint density at radius 1 is 0.900 bits per heavy atom. The van der Waals surface area contributed by atoms with Gasteiger partial charge in [-0.1, -0.05) is 57.1 Å². The standard InChI is InChI=1S/C18H34O2/c1-4-5-6-7-8-9-11-14-17(2)15-12-10-13-16-18(19)20-3/h14H,4-13,15-16H2,1-3H3. The van der Waals surface area contributed by atoms with Gasteiger partial charge in [-0.15, -0.1) is 0 Å². The molecule has 0 aromatic rings. The first-order valence-electron chi connectivity index (χ1n) is 8.43. The van der Waals surface area contributed by atoms with Crippen LogP contribution in [0.5, 0.6) is 0 Å². The summed E-state index contributed by atoms with van der Waals surface area (Å²) in [4.78, 5) is 10.9. The van der Waals surface area contributed by atoms with Crippen LogP contribution in [0.4, 0.5) is 0 Å². The van der Waals surface area contributed by atoms with Gasteiger partial charge in [-0.3, -0.25) is 4.79 Å². The van der Waals surface area contributed by atoms with Crippen LogP contribution in [0.1, 0.15) is 90.9 Å². The highest BCUT2D eigenvalue weighted by Gasteiger charge is 1.99. The third-order valence-corrected chi connectivity index (χ3v) is 3.73. The van der Waals surface area contributed by atoms with Crippen molar-refractivity contribution in [2.24, 2.45) is 0 Å². The summed E-state index contributed by atoms with van der Waals surface area (Å²) in [6, 6.07) is 0. The highest BCUT2D eigenvalue weighted by molar-refractivity contribution is 5.68. The molecule has 118 valence electrons. The van der Waals surface area contributed by atoms with E-state index in [4.69, 9.17) is 0 Å². The predicted molar refractivity (Wildman–Crippen MR) is 86.9 cm³/mol. The number of ether oxygens (including phenoxy) is 1. The molecule has 0 atom stereocenters. The van der Waals surface area contributed by atoms with E-state index >= 15 is 0 Å². The van der Waals surface area contributed by atoms with Gasteiger partial charge in [-0.05, 0) is 39.0 Å². The number of hydrogen-bond donors (Lipinski definition) is 0. The second-order valence-corrected chi connectivity index (χ2v) is 5.74. The lowest BCUT2D eigenvalue weighted by atomic mass is 10.0. The van der Waals surface area contributed by atoms with Crippen LogP contribution in [0.15, 0.2) is 11.6 Å². The molecule has 0 aromatic heterocycles. The van der Waals surface area contributed by atoms with Gasteiger partial charge in [-0.25, -0.2) is 0 Å². The molecule has 0 saturated heterocycles. The summed E-state index contributed by atoms with van der Waals surface area (Å²) in [5, 5.41) is 0. The van der Waals surface area contributed by atoms with Gasteiger partial charge in [-0.2, -0.15) is 0 Å². The van der Waals surface area contributed by atoms with Crippen LogP contribution in [0, 0.1) is 0 Å². The van der Waals surface area contributed by atoms with Crippen LogP contribution in [-0.2, 0) is 9.53 Å². The van der Waals surface area contributed by atoms with Crippen molar-refractivity contribution in [3.05, 3.63) is 11.6 Å². The highest BCUT2D eigenvalue weighted by atomic mass is 16.5. The Morgan fingerprint density at radius 2 is 1.50 bits per heavy atom. The molecule has 0 unspecified atom stereocenters. The Kier molecular flexibility index (Phi) is 14.0. The largest absolute Gasteiger partial charge is 0.469 e. The minimum Gasteiger partial charge on any atom is -0.469 e. The first-order valence-corrected chi connectivity index (χ1v) is 8.43. The Balaban J connectivity index is 3.35. The summed E-state index contributed by atoms with van der Waals surface area (Å²) in [5.74, 6) is -0.0830. The van der Waals surface area contributed by atoms with Crippen molar-refractivity contribution in [2.45, 2.75) is 90.9 Å². The molecular weight excluding hydrogens is 248 g/mol. The van der Waals surface area contributed by atoms with Gasteiger partial charge in [0.05, 0.1) is 7.11 Å². The van der Waals surface area contributed by atoms with E-state index in [1.807, 2.05) is 0 Å². The lowest BCUT2D eigenvalue weighted by Crippen LogP contribution is -1.99. The third kappa shape index (κ3) is 13.6. The molecule has 0 spiro atoms. The Hall–Kier alpha value is -0.790. The maximum atomic E-state index is 10.9. The first-order chi connectivity index (χ1) is 9.70. The molecule has 0 bridgehead atoms. The summed E-state index contributed by atoms with van der Waals surface area (Å²) in [6.45, 7) is 4.49. The molecule has 0 fully saturated rings. The van der Waals surface area contributed by atoms with Crippen molar-refractivity contribution in [3.63, 3.8) is 0 Å². The molecule has 0 rings (SSSR count). The fourth-order valence-corrected chi connectivity index (χ4v) is 2.33. The normalized spacial score (nSPS) is 11.7. The van der Waals surface area contributed by atoms with Gasteiger partial charge < -0.3 is 4.74 Å². The number of esters is 1. The molecule has 0 saturated carbocycles. The number of methoxy groups -OCH3 is 1. The molecule has 2 nitrogen and oxygen atoms in total. The molecule has 0 aliphatic rings. The lowest BCUT2D eigenvalue weighted by Gasteiger charge is -2.03. The van der Waals surface area contributed by atoms with Gasteiger partial charge in [0.15, 0.2) is 0 Å². The fourth-order valence-electron chi connectivity index (χ4n) is 2.33. The maximum Gasteiger partial charge on any atom is 0.305 e. The van der Waals surface area contributed by atoms with E-state index in [2.05, 4.69) is 24.7 Å². The van der Waals surface area contributed by atoms with E-state index in [0.717, 1.165) is 12.8 Å². The number of hydrogen-bond acceptors (Lipinski definition) is 2. The summed E-state index contributed by atoms with van der Waals surface area (Å²) in [6.07, 6.45) is 16.9. The van der Waals surface area contributed by atoms with Crippen LogP contribution >= 0.6 is 0 Å². The van der Waals surface area contributed by atoms with Crippen molar-refractivity contribution in [3.8, 4) is 0 Å². The van der Waals surface area contributed by atoms with E-state index in [0.29, 0.717) is 6.42 Å². The molecule has 0 N–H and O–H groups in total. The minimum absolute atomic E-state index is 0.0830. The van der Waals surface area contributed by atoms with E-state index in [9.17, 15) is 4.79 Å². The van der Waals surface area contributed by atoms with Crippen LogP contribution in [0.25, 0.3) is 0 Å². The van der Waals surface area contributed by atoms with Crippen LogP contribution < -0.4 is 0 Å². The van der Waals surface area contributed by atoms with E-state index in [-0.39, 0.29) is 5.97 Å². The van der Waals surface area contributed by atoms with Gasteiger partial charge in [0, 0.05) is 6.42 Å². The second kappa shape index (κ2) is 14.6. The molecule has 0 heterocycles. The number of carbonyl (C=O) groups excluding carboxylic acids is 1. The first kappa shape index (κ1) is 19.2. The maximum absolute atomic E-state index is 10.9. The number of carbonyl (C=O) groups is 1. The van der Waals surface area contributed by atoms with Gasteiger partial charge >= 0.3 is 5.97 Å². The molecule has 20 heavy (non-hydrogen) atoms. The monoisotopic (exact) mass is 282 g/mol. The fraction of sp³-hybridized carbons (Fsp3) is 0.833. The molecule has 0 aromatic carbocycles. The van der Waals surface area contributed by atoms with E-state index in [1.165, 1.54) is 70.5 Å². The predicted octanol–water partition coefficient (Wildman–Crippen LogP) is 5.81. The zero-order valence-corrected chi connectivity index (χ0v) is 13.9. The highest BCUT2D eigenvalue weighted by Crippen LogP contribution is 2.13. The van der Waals surface area contributed by atoms with Crippen molar-refractivity contribution in [1.29, 1.82) is 0 Å². The van der Waals surface area contributed by atoms with Crippen molar-refractivity contribution < 1.29 is 9.53 Å². The number of unbranched alkanes of at least 4 members (excludes halogenated alkanes) is 8. The molecule has 0 radical (unpaired) electrons. The van der Waals surface area contributed by atoms with E-state index < -0.39 is 0 Å². The van der Waals surface area contributed by atoms with Crippen molar-refractivity contribution in [1.82, 2.24) is 0 Å². The number of allylic oxidation sites excluding steroid dienone is 2. The second-order valence-electron chi connectivity index (χ2n) is 5.74. The summed E-state index contributed by atoms with van der Waals surface area (Å²) in [5.41, 5.74) is 1.51. The molecule has 0 aliphatic carbocycles. The quantitative estimate of drug-likeness (QED) is 0.242. The van der Waals surface area contributed by atoms with Gasteiger partial charge in [0.2, 0.25) is 0 Å². The molecule has 0 amide bonds. The lowest BCUT2D eigenvalue weighted by molar-refractivity contribution is -0.140. The van der Waals surface area contributed by atoms with Crippen LogP contribution in [0.2, 0.25) is 0 Å². The van der Waals surface area contributed by atoms with Gasteiger partial charge in [0.1, 0.15) is 0 Å². The van der Waals surface area contributed by atoms with Crippen molar-refractivity contribution in [2.75, 3.05) is 7.11 Å². The summed E-state index contributed by atoms with van der Waals surface area (Å²) < 4.78 is 4.63. The minimum atomic E-state index is -0.0830. The average molecular weight is 282 g/mol. The summed E-state index contributed by atoms with van der Waals surface area (Å²) >= 11 is 0. The topological polar surface area (TPSA) is 26.3 Å². The van der Waals surface area contributed by atoms with Gasteiger partial charge in [0.25, 0.3) is 0 Å². The van der Waals surface area contributed by atoms with Crippen molar-refractivity contribution >= 4 is 5.97 Å². The Labute approximate surface area is 126 Å². The molecule has 0 aliphatic heterocycles. The SMILES string of the molecule is CCCCCCCCC=C(C)CCCCCC(=O)OC. The Morgan fingerprint density at radius 3 is 2.20 bits per heavy atom. The smallest absolute Gasteiger partial charge is 0.305 e. The molecule has 2 heteroatoms. The Bertz CT molecular complexity index is 256. The van der Waals surface area contributed by atoms with Crippen LogP contribution in [0.3, 0.4) is 0 Å². The van der Waals surface area contributed by atoms with E-state index in [1.54, 1.807) is 0 Å². The molecular formula is C18H34O2. The number of rotatable bonds is 13. The summed E-state index contributed by atoms with van der Waals surface area (Å²) in [7, 11) is 1.46. The zero-order valence-electron chi connectivity index (χ0n) is 13.9. The average Bonchev–Trinajstić information content (AvgIpc) is 2.45. The zero-order chi connectivity index (χ0) is 15.1.